The average molecular weight is 208 g/mol. The van der Waals surface area contributed by atoms with Gasteiger partial charge < -0.3 is 9.84 Å². The lowest BCUT2D eigenvalue weighted by Gasteiger charge is -2.21. The summed E-state index contributed by atoms with van der Waals surface area (Å²) in [5, 5.41) is 10.1. The second-order valence-electron chi connectivity index (χ2n) is 4.17. The molecule has 0 amide bonds. The molecule has 1 N–H and O–H groups in total. The second-order valence-corrected chi connectivity index (χ2v) is 4.17. The summed E-state index contributed by atoms with van der Waals surface area (Å²) in [6, 6.07) is 6.03. The third-order valence-electron chi connectivity index (χ3n) is 2.93. The van der Waals surface area contributed by atoms with Crippen LogP contribution in [-0.4, -0.2) is 18.8 Å². The van der Waals surface area contributed by atoms with E-state index in [0.717, 1.165) is 5.56 Å². The standard InChI is InChI=1S/C13H20O2/c1-9-6-5-7-12(11(9)3)13(14)10(2)8-15-4/h5-7,10,13-14H,8H2,1-4H3. The van der Waals surface area contributed by atoms with Crippen LogP contribution in [0.4, 0.5) is 0 Å². The van der Waals surface area contributed by atoms with Gasteiger partial charge in [0.05, 0.1) is 12.7 Å². The number of hydrogen-bond donors (Lipinski definition) is 1. The van der Waals surface area contributed by atoms with Crippen LogP contribution >= 0.6 is 0 Å². The number of rotatable bonds is 4. The number of aliphatic hydroxyl groups excluding tert-OH is 1. The summed E-state index contributed by atoms with van der Waals surface area (Å²) >= 11 is 0. The number of ether oxygens (including phenoxy) is 1. The van der Waals surface area contributed by atoms with E-state index in [9.17, 15) is 5.11 Å². The highest BCUT2D eigenvalue weighted by Crippen LogP contribution is 2.26. The largest absolute Gasteiger partial charge is 0.388 e. The molecule has 0 spiro atoms. The first-order chi connectivity index (χ1) is 7.07. The molecule has 2 unspecified atom stereocenters. The number of aryl methyl sites for hydroxylation is 1. The summed E-state index contributed by atoms with van der Waals surface area (Å²) in [5.41, 5.74) is 3.41. The van der Waals surface area contributed by atoms with Gasteiger partial charge in [0, 0.05) is 13.0 Å². The Balaban J connectivity index is 2.90. The van der Waals surface area contributed by atoms with Gasteiger partial charge in [0.15, 0.2) is 0 Å². The molecule has 1 rings (SSSR count). The lowest BCUT2D eigenvalue weighted by atomic mass is 9.92. The van der Waals surface area contributed by atoms with Crippen LogP contribution in [0.2, 0.25) is 0 Å². The highest BCUT2D eigenvalue weighted by atomic mass is 16.5. The van der Waals surface area contributed by atoms with E-state index in [2.05, 4.69) is 13.0 Å². The Morgan fingerprint density at radius 2 is 2.00 bits per heavy atom. The van der Waals surface area contributed by atoms with E-state index in [1.807, 2.05) is 26.0 Å². The molecule has 0 bridgehead atoms. The van der Waals surface area contributed by atoms with E-state index in [4.69, 9.17) is 4.74 Å². The minimum absolute atomic E-state index is 0.121. The SMILES string of the molecule is COCC(C)C(O)c1cccc(C)c1C. The molecule has 84 valence electrons. The molecule has 2 nitrogen and oxygen atoms in total. The normalized spacial score (nSPS) is 15.0. The molecule has 0 aromatic heterocycles. The molecule has 0 saturated heterocycles. The van der Waals surface area contributed by atoms with E-state index >= 15 is 0 Å². The van der Waals surface area contributed by atoms with Crippen molar-refractivity contribution in [2.75, 3.05) is 13.7 Å². The molecule has 1 aromatic rings. The molecule has 2 atom stereocenters. The van der Waals surface area contributed by atoms with Crippen LogP contribution in [0.5, 0.6) is 0 Å². The fourth-order valence-corrected chi connectivity index (χ4v) is 1.75. The summed E-state index contributed by atoms with van der Waals surface area (Å²) in [4.78, 5) is 0. The molecule has 0 heterocycles. The first-order valence-electron chi connectivity index (χ1n) is 5.31. The summed E-state index contributed by atoms with van der Waals surface area (Å²) in [7, 11) is 1.66. The Labute approximate surface area is 91.9 Å². The van der Waals surface area contributed by atoms with Crippen molar-refractivity contribution in [2.24, 2.45) is 5.92 Å². The maximum absolute atomic E-state index is 10.1. The third kappa shape index (κ3) is 2.80. The maximum atomic E-state index is 10.1. The number of methoxy groups -OCH3 is 1. The van der Waals surface area contributed by atoms with Crippen molar-refractivity contribution in [3.63, 3.8) is 0 Å². The molecule has 2 heteroatoms. The lowest BCUT2D eigenvalue weighted by molar-refractivity contribution is 0.0563. The molecule has 15 heavy (non-hydrogen) atoms. The summed E-state index contributed by atoms with van der Waals surface area (Å²) in [6.45, 7) is 6.68. The summed E-state index contributed by atoms with van der Waals surface area (Å²) in [5.74, 6) is 0.121. The van der Waals surface area contributed by atoms with Gasteiger partial charge in [-0.05, 0) is 30.5 Å². The first kappa shape index (κ1) is 12.2. The van der Waals surface area contributed by atoms with E-state index in [1.165, 1.54) is 11.1 Å². The highest BCUT2D eigenvalue weighted by Gasteiger charge is 2.18. The fourth-order valence-electron chi connectivity index (χ4n) is 1.75. The van der Waals surface area contributed by atoms with Crippen molar-refractivity contribution in [1.29, 1.82) is 0 Å². The van der Waals surface area contributed by atoms with Crippen molar-refractivity contribution in [3.05, 3.63) is 34.9 Å². The van der Waals surface area contributed by atoms with Gasteiger partial charge in [-0.25, -0.2) is 0 Å². The molecule has 1 aromatic carbocycles. The van der Waals surface area contributed by atoms with Gasteiger partial charge in [0.25, 0.3) is 0 Å². The van der Waals surface area contributed by atoms with Gasteiger partial charge in [0.2, 0.25) is 0 Å². The summed E-state index contributed by atoms with van der Waals surface area (Å²) in [6.07, 6.45) is -0.440. The van der Waals surface area contributed by atoms with Crippen LogP contribution in [0, 0.1) is 19.8 Å². The molecule has 0 saturated carbocycles. The Bertz CT molecular complexity index is 320. The third-order valence-corrected chi connectivity index (χ3v) is 2.93. The van der Waals surface area contributed by atoms with Gasteiger partial charge in [0.1, 0.15) is 0 Å². The molecule has 0 aliphatic carbocycles. The molecule has 0 fully saturated rings. The molecular weight excluding hydrogens is 188 g/mol. The van der Waals surface area contributed by atoms with Crippen LogP contribution < -0.4 is 0 Å². The Hall–Kier alpha value is -0.860. The van der Waals surface area contributed by atoms with Crippen LogP contribution in [0.3, 0.4) is 0 Å². The lowest BCUT2D eigenvalue weighted by Crippen LogP contribution is -2.15. The van der Waals surface area contributed by atoms with E-state index in [-0.39, 0.29) is 5.92 Å². The second kappa shape index (κ2) is 5.29. The zero-order valence-corrected chi connectivity index (χ0v) is 9.95. The highest BCUT2D eigenvalue weighted by molar-refractivity contribution is 5.34. The molecular formula is C13H20O2. The van der Waals surface area contributed by atoms with E-state index in [1.54, 1.807) is 7.11 Å². The molecule has 0 radical (unpaired) electrons. The van der Waals surface area contributed by atoms with Crippen molar-refractivity contribution in [2.45, 2.75) is 26.9 Å². The topological polar surface area (TPSA) is 29.5 Å². The number of aliphatic hydroxyl groups is 1. The quantitative estimate of drug-likeness (QED) is 0.824. The van der Waals surface area contributed by atoms with E-state index < -0.39 is 6.10 Å². The van der Waals surface area contributed by atoms with Gasteiger partial charge in [-0.3, -0.25) is 0 Å². The fraction of sp³-hybridized carbons (Fsp3) is 0.538. The maximum Gasteiger partial charge on any atom is 0.0840 e. The average Bonchev–Trinajstić information content (AvgIpc) is 2.21. The number of benzene rings is 1. The Morgan fingerprint density at radius 3 is 2.60 bits per heavy atom. The van der Waals surface area contributed by atoms with Crippen molar-refractivity contribution in [3.8, 4) is 0 Å². The smallest absolute Gasteiger partial charge is 0.0840 e. The summed E-state index contributed by atoms with van der Waals surface area (Å²) < 4.78 is 5.06. The van der Waals surface area contributed by atoms with Crippen molar-refractivity contribution >= 4 is 0 Å². The minimum Gasteiger partial charge on any atom is -0.388 e. The predicted molar refractivity (Wildman–Crippen MR) is 61.9 cm³/mol. The zero-order chi connectivity index (χ0) is 11.4. The number of hydrogen-bond acceptors (Lipinski definition) is 2. The molecule has 0 aliphatic rings. The van der Waals surface area contributed by atoms with Gasteiger partial charge in [-0.2, -0.15) is 0 Å². The predicted octanol–water partition coefficient (Wildman–Crippen LogP) is 2.62. The minimum atomic E-state index is -0.440. The Morgan fingerprint density at radius 1 is 1.33 bits per heavy atom. The monoisotopic (exact) mass is 208 g/mol. The van der Waals surface area contributed by atoms with Crippen molar-refractivity contribution < 1.29 is 9.84 Å². The van der Waals surface area contributed by atoms with Gasteiger partial charge in [-0.15, -0.1) is 0 Å². The first-order valence-corrected chi connectivity index (χ1v) is 5.31. The Kier molecular flexibility index (Phi) is 4.30. The zero-order valence-electron chi connectivity index (χ0n) is 9.95. The van der Waals surface area contributed by atoms with E-state index in [0.29, 0.717) is 6.61 Å². The molecule has 0 aliphatic heterocycles. The van der Waals surface area contributed by atoms with Crippen LogP contribution in [0.1, 0.15) is 29.7 Å². The van der Waals surface area contributed by atoms with Crippen molar-refractivity contribution in [1.82, 2.24) is 0 Å². The van der Waals surface area contributed by atoms with Crippen LogP contribution in [0.25, 0.3) is 0 Å². The van der Waals surface area contributed by atoms with Gasteiger partial charge >= 0.3 is 0 Å². The van der Waals surface area contributed by atoms with Crippen LogP contribution in [0.15, 0.2) is 18.2 Å². The van der Waals surface area contributed by atoms with Gasteiger partial charge in [-0.1, -0.05) is 25.1 Å². The van der Waals surface area contributed by atoms with Crippen LogP contribution in [-0.2, 0) is 4.74 Å².